The summed E-state index contributed by atoms with van der Waals surface area (Å²) in [5, 5.41) is 7.36. The third kappa shape index (κ3) is 4.82. The van der Waals surface area contributed by atoms with Crippen molar-refractivity contribution in [3.05, 3.63) is 123 Å². The van der Waals surface area contributed by atoms with Crippen molar-refractivity contribution in [2.75, 3.05) is 5.32 Å². The lowest BCUT2D eigenvalue weighted by Crippen LogP contribution is -2.34. The van der Waals surface area contributed by atoms with Crippen molar-refractivity contribution >= 4 is 44.9 Å². The van der Waals surface area contributed by atoms with Gasteiger partial charge in [-0.25, -0.2) is 4.98 Å². The average Bonchev–Trinajstić information content (AvgIpc) is 3.69. The van der Waals surface area contributed by atoms with Gasteiger partial charge in [-0.3, -0.25) is 9.20 Å². The van der Waals surface area contributed by atoms with Crippen molar-refractivity contribution in [1.82, 2.24) is 14.7 Å². The van der Waals surface area contributed by atoms with Crippen LogP contribution in [0.15, 0.2) is 102 Å². The molecule has 3 aromatic carbocycles. The Hall–Kier alpha value is -3.61. The zero-order chi connectivity index (χ0) is 26.1. The maximum atomic E-state index is 12.9. The Balaban J connectivity index is 1.13. The number of hydrogen-bond acceptors (Lipinski definition) is 3. The van der Waals surface area contributed by atoms with E-state index in [1.807, 2.05) is 65.2 Å². The second-order valence-corrected chi connectivity index (χ2v) is 10.9. The summed E-state index contributed by atoms with van der Waals surface area (Å²) in [6.07, 6.45) is 3.80. The highest BCUT2D eigenvalue weighted by atomic mass is 79.9. The van der Waals surface area contributed by atoms with Gasteiger partial charge in [-0.15, -0.1) is 0 Å². The van der Waals surface area contributed by atoms with Crippen LogP contribution in [0.3, 0.4) is 0 Å². The Morgan fingerprint density at radius 1 is 0.921 bits per heavy atom. The van der Waals surface area contributed by atoms with E-state index in [1.165, 1.54) is 0 Å². The molecule has 5 nitrogen and oxygen atoms in total. The second-order valence-electron chi connectivity index (χ2n) is 9.66. The summed E-state index contributed by atoms with van der Waals surface area (Å²) in [5.41, 5.74) is 5.49. The maximum Gasteiger partial charge on any atom is 0.230 e. The first-order chi connectivity index (χ1) is 18.5. The first-order valence-electron chi connectivity index (χ1n) is 12.6. The third-order valence-corrected chi connectivity index (χ3v) is 8.13. The maximum absolute atomic E-state index is 12.9. The minimum atomic E-state index is -0.350. The number of anilines is 1. The number of carbonyl (C=O) groups excluding carboxylic acids is 1. The summed E-state index contributed by atoms with van der Waals surface area (Å²) in [7, 11) is 0. The van der Waals surface area contributed by atoms with E-state index in [0.29, 0.717) is 18.1 Å². The lowest BCUT2D eigenvalue weighted by atomic mass is 9.95. The van der Waals surface area contributed by atoms with Crippen LogP contribution in [0.25, 0.3) is 16.9 Å². The summed E-state index contributed by atoms with van der Waals surface area (Å²) >= 11 is 10.1. The number of benzene rings is 3. The largest absolute Gasteiger partial charge is 0.367 e. The van der Waals surface area contributed by atoms with Gasteiger partial charge in [0.2, 0.25) is 5.91 Å². The highest BCUT2D eigenvalue weighted by molar-refractivity contribution is 9.10. The number of nitrogens with one attached hydrogen (secondary N) is 2. The topological polar surface area (TPSA) is 58.4 Å². The van der Waals surface area contributed by atoms with Crippen LogP contribution in [0.4, 0.5) is 5.82 Å². The number of amides is 1. The molecular weight excluding hydrogens is 560 g/mol. The van der Waals surface area contributed by atoms with Crippen LogP contribution in [0.2, 0.25) is 5.02 Å². The van der Waals surface area contributed by atoms with Gasteiger partial charge >= 0.3 is 0 Å². The fourth-order valence-electron chi connectivity index (χ4n) is 4.84. The molecule has 2 heterocycles. The standard InChI is InChI=1S/C31H26BrClN4O/c32-25-14-17-37-28(18-27(36-29(25)37)24-8-4-5-9-26(24)33)34-19-21-10-12-22(13-11-21)20-35-30(38)31(15-16-31)23-6-2-1-3-7-23/h1-14,17-18,34H,15-16,19-20H2,(H,35,38). The van der Waals surface area contributed by atoms with Crippen molar-refractivity contribution in [1.29, 1.82) is 0 Å². The summed E-state index contributed by atoms with van der Waals surface area (Å²) < 4.78 is 2.94. The van der Waals surface area contributed by atoms with Crippen molar-refractivity contribution in [2.24, 2.45) is 0 Å². The van der Waals surface area contributed by atoms with Crippen LogP contribution in [0, 0.1) is 0 Å². The Morgan fingerprint density at radius 2 is 1.61 bits per heavy atom. The van der Waals surface area contributed by atoms with Gasteiger partial charge in [-0.05, 0) is 57.6 Å². The molecule has 1 saturated carbocycles. The van der Waals surface area contributed by atoms with Crippen LogP contribution < -0.4 is 10.6 Å². The van der Waals surface area contributed by atoms with Gasteiger partial charge in [0.15, 0.2) is 5.65 Å². The fourth-order valence-corrected chi connectivity index (χ4v) is 5.47. The van der Waals surface area contributed by atoms with E-state index in [0.717, 1.165) is 56.7 Å². The lowest BCUT2D eigenvalue weighted by molar-refractivity contribution is -0.123. The molecule has 0 spiro atoms. The minimum absolute atomic E-state index is 0.114. The molecule has 5 aromatic rings. The van der Waals surface area contributed by atoms with Crippen molar-refractivity contribution in [3.63, 3.8) is 0 Å². The van der Waals surface area contributed by atoms with Crippen LogP contribution in [-0.4, -0.2) is 15.3 Å². The molecule has 6 rings (SSSR count). The van der Waals surface area contributed by atoms with Crippen LogP contribution in [-0.2, 0) is 23.3 Å². The van der Waals surface area contributed by atoms with E-state index < -0.39 is 0 Å². The average molecular weight is 586 g/mol. The molecule has 2 aromatic heterocycles. The molecule has 1 aliphatic rings. The Bertz CT molecular complexity index is 1610. The van der Waals surface area contributed by atoms with Crippen LogP contribution in [0.5, 0.6) is 0 Å². The molecule has 1 aliphatic carbocycles. The highest BCUT2D eigenvalue weighted by Gasteiger charge is 2.50. The summed E-state index contributed by atoms with van der Waals surface area (Å²) in [5.74, 6) is 1.03. The van der Waals surface area contributed by atoms with Gasteiger partial charge in [0.05, 0.1) is 15.6 Å². The Kier molecular flexibility index (Phi) is 6.68. The minimum Gasteiger partial charge on any atom is -0.367 e. The van der Waals surface area contributed by atoms with Crippen molar-refractivity contribution < 1.29 is 4.79 Å². The number of halogens is 2. The van der Waals surface area contributed by atoms with Gasteiger partial charge < -0.3 is 10.6 Å². The summed E-state index contributed by atoms with van der Waals surface area (Å²) in [6.45, 7) is 1.16. The molecule has 38 heavy (non-hydrogen) atoms. The Labute approximate surface area is 235 Å². The number of fused-ring (bicyclic) bond motifs is 1. The molecule has 0 bridgehead atoms. The van der Waals surface area contributed by atoms with E-state index in [2.05, 4.69) is 63.0 Å². The number of aromatic nitrogens is 2. The van der Waals surface area contributed by atoms with E-state index in [1.54, 1.807) is 0 Å². The molecule has 0 unspecified atom stereocenters. The first kappa shape index (κ1) is 24.7. The summed E-state index contributed by atoms with van der Waals surface area (Å²) in [4.78, 5) is 17.8. The highest BCUT2D eigenvalue weighted by Crippen LogP contribution is 2.48. The van der Waals surface area contributed by atoms with Gasteiger partial charge in [-0.1, -0.05) is 84.4 Å². The van der Waals surface area contributed by atoms with Gasteiger partial charge in [0.25, 0.3) is 0 Å². The fraction of sp³-hybridized carbons (Fsp3) is 0.161. The third-order valence-electron chi connectivity index (χ3n) is 7.18. The molecule has 0 aliphatic heterocycles. The van der Waals surface area contributed by atoms with Gasteiger partial charge in [-0.2, -0.15) is 0 Å². The molecule has 1 fully saturated rings. The predicted octanol–water partition coefficient (Wildman–Crippen LogP) is 7.38. The SMILES string of the molecule is O=C(NCc1ccc(CNc2cc(-c3ccccc3Cl)nc3c(Br)ccn23)cc1)C1(c2ccccc2)CC1. The first-order valence-corrected chi connectivity index (χ1v) is 13.8. The Morgan fingerprint density at radius 3 is 2.32 bits per heavy atom. The number of hydrogen-bond donors (Lipinski definition) is 2. The normalized spacial score (nSPS) is 13.8. The molecule has 7 heteroatoms. The quantitative estimate of drug-likeness (QED) is 0.200. The van der Waals surface area contributed by atoms with Gasteiger partial charge in [0.1, 0.15) is 5.82 Å². The molecule has 0 saturated heterocycles. The zero-order valence-electron chi connectivity index (χ0n) is 20.6. The number of carbonyl (C=O) groups is 1. The van der Waals surface area contributed by atoms with Crippen LogP contribution >= 0.6 is 27.5 Å². The number of rotatable bonds is 8. The van der Waals surface area contributed by atoms with Crippen molar-refractivity contribution in [2.45, 2.75) is 31.3 Å². The molecular formula is C31H26BrClN4O. The van der Waals surface area contributed by atoms with Gasteiger partial charge in [0, 0.05) is 35.9 Å². The number of nitrogens with zero attached hydrogens (tertiary/aromatic N) is 2. The molecule has 0 atom stereocenters. The molecule has 2 N–H and O–H groups in total. The smallest absolute Gasteiger partial charge is 0.230 e. The van der Waals surface area contributed by atoms with E-state index in [4.69, 9.17) is 16.6 Å². The van der Waals surface area contributed by atoms with E-state index in [9.17, 15) is 4.79 Å². The molecule has 1 amide bonds. The van der Waals surface area contributed by atoms with Crippen LogP contribution in [0.1, 0.15) is 29.5 Å². The van der Waals surface area contributed by atoms with E-state index >= 15 is 0 Å². The molecule has 190 valence electrons. The summed E-state index contributed by atoms with van der Waals surface area (Å²) in [6, 6.07) is 30.1. The second kappa shape index (κ2) is 10.3. The monoisotopic (exact) mass is 584 g/mol. The van der Waals surface area contributed by atoms with Crippen molar-refractivity contribution in [3.8, 4) is 11.3 Å². The van der Waals surface area contributed by atoms with E-state index in [-0.39, 0.29) is 11.3 Å². The predicted molar refractivity (Wildman–Crippen MR) is 156 cm³/mol. The lowest BCUT2D eigenvalue weighted by Gasteiger charge is -2.16. The zero-order valence-corrected chi connectivity index (χ0v) is 23.0. The molecule has 0 radical (unpaired) electrons.